The van der Waals surface area contributed by atoms with Crippen molar-refractivity contribution in [3.63, 3.8) is 0 Å². The van der Waals surface area contributed by atoms with Crippen molar-refractivity contribution in [2.45, 2.75) is 13.0 Å². The van der Waals surface area contributed by atoms with Gasteiger partial charge in [-0.25, -0.2) is 14.4 Å². The summed E-state index contributed by atoms with van der Waals surface area (Å²) in [4.78, 5) is 23.9. The Morgan fingerprint density at radius 3 is 2.59 bits per heavy atom. The smallest absolute Gasteiger partial charge is 0.254 e. The average Bonchev–Trinajstić information content (AvgIpc) is 3.17. The maximum atomic E-state index is 12.9. The van der Waals surface area contributed by atoms with Crippen LogP contribution in [0.15, 0.2) is 67.1 Å². The van der Waals surface area contributed by atoms with E-state index in [4.69, 9.17) is 0 Å². The Morgan fingerprint density at radius 1 is 1.03 bits per heavy atom. The summed E-state index contributed by atoms with van der Waals surface area (Å²) in [5, 5.41) is 7.11. The van der Waals surface area contributed by atoms with E-state index in [2.05, 4.69) is 31.7 Å². The highest BCUT2D eigenvalue weighted by Crippen LogP contribution is 2.17. The van der Waals surface area contributed by atoms with Crippen LogP contribution in [0.25, 0.3) is 10.9 Å². The number of benzene rings is 2. The van der Waals surface area contributed by atoms with Crippen LogP contribution < -0.4 is 10.6 Å². The van der Waals surface area contributed by atoms with Gasteiger partial charge in [0.05, 0.1) is 5.56 Å². The second kappa shape index (κ2) is 8.52. The second-order valence-electron chi connectivity index (χ2n) is 6.64. The minimum absolute atomic E-state index is 0.213. The number of hydrogen-bond donors (Lipinski definition) is 3. The third-order valence-corrected chi connectivity index (χ3v) is 4.63. The number of nitrogens with zero attached hydrogens (tertiary/aromatic N) is 2. The Kier molecular flexibility index (Phi) is 5.47. The van der Waals surface area contributed by atoms with Crippen LogP contribution in [0.2, 0.25) is 0 Å². The van der Waals surface area contributed by atoms with E-state index in [1.807, 2.05) is 24.4 Å². The van der Waals surface area contributed by atoms with Gasteiger partial charge in [0.1, 0.15) is 5.82 Å². The molecule has 0 saturated heterocycles. The zero-order valence-electron chi connectivity index (χ0n) is 15.7. The first-order valence-electron chi connectivity index (χ1n) is 9.32. The minimum atomic E-state index is -0.273. The lowest BCUT2D eigenvalue weighted by molar-refractivity contribution is 0.0953. The number of nitrogens with one attached hydrogen (secondary N) is 3. The van der Waals surface area contributed by atoms with Crippen molar-refractivity contribution in [3.8, 4) is 0 Å². The third-order valence-electron chi connectivity index (χ3n) is 4.63. The van der Waals surface area contributed by atoms with E-state index in [-0.39, 0.29) is 11.7 Å². The molecule has 4 aromatic rings. The number of amides is 1. The molecule has 0 fully saturated rings. The summed E-state index contributed by atoms with van der Waals surface area (Å²) < 4.78 is 12.9. The zero-order valence-corrected chi connectivity index (χ0v) is 15.7. The van der Waals surface area contributed by atoms with Gasteiger partial charge in [0, 0.05) is 42.6 Å². The molecule has 29 heavy (non-hydrogen) atoms. The predicted octanol–water partition coefficient (Wildman–Crippen LogP) is 3.68. The Hall–Kier alpha value is -3.74. The largest absolute Gasteiger partial charge is 0.361 e. The number of fused-ring (bicyclic) bond motifs is 1. The Balaban J connectivity index is 1.28. The lowest BCUT2D eigenvalue weighted by Gasteiger charge is -2.07. The summed E-state index contributed by atoms with van der Waals surface area (Å²) in [6, 6.07) is 14.3. The Bertz CT molecular complexity index is 1110. The average molecular weight is 389 g/mol. The Labute approximate surface area is 167 Å². The highest BCUT2D eigenvalue weighted by atomic mass is 19.1. The number of anilines is 1. The topological polar surface area (TPSA) is 82.7 Å². The van der Waals surface area contributed by atoms with Gasteiger partial charge in [-0.05, 0) is 35.7 Å². The number of carbonyl (C=O) groups excluding carboxylic acids is 1. The van der Waals surface area contributed by atoms with Crippen molar-refractivity contribution >= 4 is 22.8 Å². The van der Waals surface area contributed by atoms with Gasteiger partial charge in [-0.3, -0.25) is 4.79 Å². The van der Waals surface area contributed by atoms with Crippen molar-refractivity contribution in [2.24, 2.45) is 0 Å². The maximum Gasteiger partial charge on any atom is 0.254 e. The third kappa shape index (κ3) is 4.57. The van der Waals surface area contributed by atoms with E-state index >= 15 is 0 Å². The molecule has 0 saturated carbocycles. The van der Waals surface area contributed by atoms with E-state index in [0.29, 0.717) is 24.6 Å². The number of aromatic amines is 1. The van der Waals surface area contributed by atoms with Gasteiger partial charge in [-0.1, -0.05) is 30.3 Å². The fourth-order valence-electron chi connectivity index (χ4n) is 3.07. The second-order valence-corrected chi connectivity index (χ2v) is 6.64. The van der Waals surface area contributed by atoms with Crippen molar-refractivity contribution in [1.82, 2.24) is 20.3 Å². The molecule has 0 aliphatic heterocycles. The Morgan fingerprint density at radius 2 is 1.79 bits per heavy atom. The molecule has 7 heteroatoms. The molecule has 0 aliphatic carbocycles. The number of carbonyl (C=O) groups is 1. The maximum absolute atomic E-state index is 12.9. The fraction of sp³-hybridized carbons (Fsp3) is 0.136. The normalized spacial score (nSPS) is 10.8. The molecule has 146 valence electrons. The first-order valence-corrected chi connectivity index (χ1v) is 9.32. The van der Waals surface area contributed by atoms with Gasteiger partial charge < -0.3 is 15.6 Å². The summed E-state index contributed by atoms with van der Waals surface area (Å²) in [5.74, 6) is -0.0790. The summed E-state index contributed by atoms with van der Waals surface area (Å²) in [6.45, 7) is 0.988. The minimum Gasteiger partial charge on any atom is -0.361 e. The van der Waals surface area contributed by atoms with Crippen LogP contribution in [0.5, 0.6) is 0 Å². The van der Waals surface area contributed by atoms with E-state index in [1.54, 1.807) is 12.1 Å². The van der Waals surface area contributed by atoms with Crippen molar-refractivity contribution in [2.75, 3.05) is 11.9 Å². The molecule has 0 atom stereocenters. The quantitative estimate of drug-likeness (QED) is 0.450. The molecule has 2 aromatic carbocycles. The van der Waals surface area contributed by atoms with Crippen LogP contribution in [-0.2, 0) is 13.0 Å². The standard InChI is InChI=1S/C22H20FN5O/c23-18-7-5-15(6-8-18)11-26-22-27-13-17(14-28-22)21(29)24-10-9-16-12-25-20-4-2-1-3-19(16)20/h1-8,12-14,25H,9-11H2,(H,24,29)(H,26,27,28). The molecular weight excluding hydrogens is 369 g/mol. The molecule has 6 nitrogen and oxygen atoms in total. The highest BCUT2D eigenvalue weighted by Gasteiger charge is 2.08. The zero-order chi connectivity index (χ0) is 20.1. The van der Waals surface area contributed by atoms with E-state index < -0.39 is 0 Å². The van der Waals surface area contributed by atoms with Gasteiger partial charge in [-0.15, -0.1) is 0 Å². The molecule has 3 N–H and O–H groups in total. The van der Waals surface area contributed by atoms with Gasteiger partial charge >= 0.3 is 0 Å². The monoisotopic (exact) mass is 389 g/mol. The van der Waals surface area contributed by atoms with E-state index in [0.717, 1.165) is 23.1 Å². The summed E-state index contributed by atoms with van der Waals surface area (Å²) >= 11 is 0. The molecule has 0 bridgehead atoms. The summed E-state index contributed by atoms with van der Waals surface area (Å²) in [5.41, 5.74) is 3.56. The van der Waals surface area contributed by atoms with E-state index in [1.165, 1.54) is 29.9 Å². The number of halogens is 1. The number of para-hydroxylation sites is 1. The van der Waals surface area contributed by atoms with Crippen LogP contribution in [0.3, 0.4) is 0 Å². The van der Waals surface area contributed by atoms with Gasteiger partial charge in [0.25, 0.3) is 5.91 Å². The number of hydrogen-bond acceptors (Lipinski definition) is 4. The van der Waals surface area contributed by atoms with Gasteiger partial charge in [0.2, 0.25) is 5.95 Å². The van der Waals surface area contributed by atoms with Crippen molar-refractivity contribution < 1.29 is 9.18 Å². The lowest BCUT2D eigenvalue weighted by Crippen LogP contribution is -2.26. The van der Waals surface area contributed by atoms with Crippen LogP contribution >= 0.6 is 0 Å². The van der Waals surface area contributed by atoms with Gasteiger partial charge in [0.15, 0.2) is 0 Å². The van der Waals surface area contributed by atoms with Gasteiger partial charge in [-0.2, -0.15) is 0 Å². The first-order chi connectivity index (χ1) is 14.2. The fourth-order valence-corrected chi connectivity index (χ4v) is 3.07. The predicted molar refractivity (Wildman–Crippen MR) is 110 cm³/mol. The summed E-state index contributed by atoms with van der Waals surface area (Å²) in [7, 11) is 0. The molecule has 0 radical (unpaired) electrons. The van der Waals surface area contributed by atoms with Crippen LogP contribution in [0.1, 0.15) is 21.5 Å². The molecule has 1 amide bonds. The van der Waals surface area contributed by atoms with Crippen LogP contribution in [0.4, 0.5) is 10.3 Å². The van der Waals surface area contributed by atoms with Crippen molar-refractivity contribution in [3.05, 3.63) is 89.6 Å². The van der Waals surface area contributed by atoms with Crippen molar-refractivity contribution in [1.29, 1.82) is 0 Å². The molecule has 0 unspecified atom stereocenters. The van der Waals surface area contributed by atoms with Crippen LogP contribution in [-0.4, -0.2) is 27.4 Å². The molecule has 0 spiro atoms. The van der Waals surface area contributed by atoms with E-state index in [9.17, 15) is 9.18 Å². The number of H-pyrrole nitrogens is 1. The SMILES string of the molecule is O=C(NCCc1c[nH]c2ccccc12)c1cnc(NCc2ccc(F)cc2)nc1. The van der Waals surface area contributed by atoms with Crippen LogP contribution in [0, 0.1) is 5.82 Å². The number of rotatable bonds is 7. The first kappa shape index (κ1) is 18.6. The highest BCUT2D eigenvalue weighted by molar-refractivity contribution is 5.93. The summed E-state index contributed by atoms with van der Waals surface area (Å²) in [6.07, 6.45) is 5.68. The number of aromatic nitrogens is 3. The molecular formula is C22H20FN5O. The molecule has 2 heterocycles. The lowest BCUT2D eigenvalue weighted by atomic mass is 10.1. The molecule has 4 rings (SSSR count). The molecule has 2 aromatic heterocycles. The molecule has 0 aliphatic rings.